The molecule has 1 fully saturated rings. The molecule has 0 atom stereocenters. The summed E-state index contributed by atoms with van der Waals surface area (Å²) < 4.78 is 17.3. The molecular weight excluding hydrogens is 459 g/mol. The molecule has 0 radical (unpaired) electrons. The van der Waals surface area contributed by atoms with E-state index < -0.39 is 0 Å². The van der Waals surface area contributed by atoms with Crippen LogP contribution >= 0.6 is 23.2 Å². The molecule has 0 saturated carbocycles. The van der Waals surface area contributed by atoms with E-state index in [2.05, 4.69) is 16.3 Å². The molecule has 33 heavy (non-hydrogen) atoms. The lowest BCUT2D eigenvalue weighted by Gasteiger charge is -2.29. The summed E-state index contributed by atoms with van der Waals surface area (Å²) in [5.41, 5.74) is 4.03. The minimum atomic E-state index is 0.423. The molecule has 1 N–H and O–H groups in total. The summed E-state index contributed by atoms with van der Waals surface area (Å²) in [7, 11) is 0. The van der Waals surface area contributed by atoms with Gasteiger partial charge in [-0.25, -0.2) is 0 Å². The third kappa shape index (κ3) is 6.26. The summed E-state index contributed by atoms with van der Waals surface area (Å²) in [6.07, 6.45) is 0. The average Bonchev–Trinajstić information content (AvgIpc) is 2.84. The maximum atomic E-state index is 6.58. The highest BCUT2D eigenvalue weighted by molar-refractivity contribution is 6.33. The van der Waals surface area contributed by atoms with Crippen LogP contribution in [0.15, 0.2) is 60.7 Å². The minimum Gasteiger partial charge on any atom is -0.490 e. The zero-order valence-electron chi connectivity index (χ0n) is 18.7. The second-order valence-electron chi connectivity index (χ2n) is 7.73. The molecule has 0 aliphatic carbocycles. The molecule has 3 aromatic carbocycles. The Hall–Kier alpha value is -2.60. The molecule has 0 unspecified atom stereocenters. The summed E-state index contributed by atoms with van der Waals surface area (Å²) in [6.45, 7) is 6.62. The Labute approximate surface area is 205 Å². The minimum absolute atomic E-state index is 0.423. The first-order valence-electron chi connectivity index (χ1n) is 11.1. The SMILES string of the molecule is CCOc1cc(CNc2ccc(N3CCOCC3)c(Cl)c2)cc(Cl)c1OCc1ccccc1. The van der Waals surface area contributed by atoms with Gasteiger partial charge < -0.3 is 24.4 Å². The molecule has 1 saturated heterocycles. The van der Waals surface area contributed by atoms with Crippen molar-refractivity contribution < 1.29 is 14.2 Å². The number of benzene rings is 3. The van der Waals surface area contributed by atoms with E-state index in [4.69, 9.17) is 37.4 Å². The Bertz CT molecular complexity index is 1060. The molecule has 1 aliphatic rings. The first-order valence-corrected chi connectivity index (χ1v) is 11.9. The van der Waals surface area contributed by atoms with E-state index in [0.29, 0.717) is 36.3 Å². The molecule has 0 amide bonds. The number of rotatable bonds is 9. The number of nitrogens with one attached hydrogen (secondary N) is 1. The van der Waals surface area contributed by atoms with E-state index in [9.17, 15) is 0 Å². The van der Waals surface area contributed by atoms with Gasteiger partial charge in [0, 0.05) is 25.3 Å². The zero-order chi connectivity index (χ0) is 23.0. The van der Waals surface area contributed by atoms with Crippen LogP contribution < -0.4 is 19.7 Å². The van der Waals surface area contributed by atoms with Gasteiger partial charge in [-0.3, -0.25) is 0 Å². The van der Waals surface area contributed by atoms with Crippen LogP contribution in [-0.4, -0.2) is 32.9 Å². The van der Waals surface area contributed by atoms with Crippen LogP contribution in [0.1, 0.15) is 18.1 Å². The second kappa shape index (κ2) is 11.5. The lowest BCUT2D eigenvalue weighted by atomic mass is 10.1. The Balaban J connectivity index is 1.44. The van der Waals surface area contributed by atoms with Gasteiger partial charge in [-0.05, 0) is 48.4 Å². The summed E-state index contributed by atoms with van der Waals surface area (Å²) in [5, 5.41) is 4.67. The molecule has 0 aromatic heterocycles. The first kappa shape index (κ1) is 23.6. The molecule has 3 aromatic rings. The van der Waals surface area contributed by atoms with Gasteiger partial charge in [-0.2, -0.15) is 0 Å². The van der Waals surface area contributed by atoms with Crippen molar-refractivity contribution in [2.24, 2.45) is 0 Å². The molecule has 4 rings (SSSR count). The van der Waals surface area contributed by atoms with Crippen LogP contribution in [0.2, 0.25) is 10.0 Å². The number of halogens is 2. The molecule has 1 aliphatic heterocycles. The van der Waals surface area contributed by atoms with Crippen molar-refractivity contribution in [3.63, 3.8) is 0 Å². The molecule has 7 heteroatoms. The van der Waals surface area contributed by atoms with E-state index in [1.54, 1.807) is 0 Å². The van der Waals surface area contributed by atoms with Gasteiger partial charge in [0.15, 0.2) is 11.5 Å². The molecule has 5 nitrogen and oxygen atoms in total. The predicted molar refractivity (Wildman–Crippen MR) is 135 cm³/mol. The molecule has 1 heterocycles. The standard InChI is InChI=1S/C26H28Cl2N2O3/c1-2-32-25-15-20(14-23(28)26(25)33-18-19-6-4-3-5-7-19)17-29-21-8-9-24(22(27)16-21)30-10-12-31-13-11-30/h3-9,14-16,29H,2,10-13,17-18H2,1H3. The number of nitrogens with zero attached hydrogens (tertiary/aromatic N) is 1. The fraction of sp³-hybridized carbons (Fsp3) is 0.308. The fourth-order valence-electron chi connectivity index (χ4n) is 3.74. The van der Waals surface area contributed by atoms with Gasteiger partial charge in [0.1, 0.15) is 6.61 Å². The summed E-state index contributed by atoms with van der Waals surface area (Å²) in [4.78, 5) is 2.25. The molecule has 0 spiro atoms. The van der Waals surface area contributed by atoms with Crippen LogP contribution in [0.4, 0.5) is 11.4 Å². The zero-order valence-corrected chi connectivity index (χ0v) is 20.2. The van der Waals surface area contributed by atoms with Crippen LogP contribution in [0.3, 0.4) is 0 Å². The quantitative estimate of drug-likeness (QED) is 0.377. The van der Waals surface area contributed by atoms with Crippen LogP contribution in [0.25, 0.3) is 0 Å². The second-order valence-corrected chi connectivity index (χ2v) is 8.55. The monoisotopic (exact) mass is 486 g/mol. The maximum Gasteiger partial charge on any atom is 0.180 e. The lowest BCUT2D eigenvalue weighted by Crippen LogP contribution is -2.36. The number of hydrogen-bond donors (Lipinski definition) is 1. The van der Waals surface area contributed by atoms with Gasteiger partial charge >= 0.3 is 0 Å². The van der Waals surface area contributed by atoms with Crippen molar-refractivity contribution in [2.75, 3.05) is 43.1 Å². The maximum absolute atomic E-state index is 6.58. The van der Waals surface area contributed by atoms with Crippen LogP contribution in [-0.2, 0) is 17.9 Å². The van der Waals surface area contributed by atoms with Gasteiger partial charge in [0.05, 0.1) is 35.6 Å². The van der Waals surface area contributed by atoms with Gasteiger partial charge in [-0.1, -0.05) is 53.5 Å². The molecular formula is C26H28Cl2N2O3. The summed E-state index contributed by atoms with van der Waals surface area (Å²) in [6, 6.07) is 19.9. The highest BCUT2D eigenvalue weighted by Crippen LogP contribution is 2.37. The number of hydrogen-bond acceptors (Lipinski definition) is 5. The van der Waals surface area contributed by atoms with Crippen molar-refractivity contribution in [3.8, 4) is 11.5 Å². The van der Waals surface area contributed by atoms with E-state index in [0.717, 1.165) is 53.8 Å². The van der Waals surface area contributed by atoms with Crippen LogP contribution in [0, 0.1) is 0 Å². The Morgan fingerprint density at radius 2 is 1.70 bits per heavy atom. The smallest absolute Gasteiger partial charge is 0.180 e. The topological polar surface area (TPSA) is 43.0 Å². The first-order chi connectivity index (χ1) is 16.1. The van der Waals surface area contributed by atoms with E-state index >= 15 is 0 Å². The van der Waals surface area contributed by atoms with E-state index in [1.165, 1.54) is 0 Å². The lowest BCUT2D eigenvalue weighted by molar-refractivity contribution is 0.122. The Morgan fingerprint density at radius 1 is 0.909 bits per heavy atom. The Kier molecular flexibility index (Phi) is 8.21. The van der Waals surface area contributed by atoms with E-state index in [1.807, 2.05) is 61.5 Å². The van der Waals surface area contributed by atoms with Crippen molar-refractivity contribution >= 4 is 34.6 Å². The summed E-state index contributed by atoms with van der Waals surface area (Å²) >= 11 is 13.1. The Morgan fingerprint density at radius 3 is 2.42 bits per heavy atom. The van der Waals surface area contributed by atoms with Crippen molar-refractivity contribution in [1.29, 1.82) is 0 Å². The normalized spacial score (nSPS) is 13.6. The summed E-state index contributed by atoms with van der Waals surface area (Å²) in [5.74, 6) is 1.20. The van der Waals surface area contributed by atoms with Gasteiger partial charge in [-0.15, -0.1) is 0 Å². The van der Waals surface area contributed by atoms with E-state index in [-0.39, 0.29) is 0 Å². The van der Waals surface area contributed by atoms with Crippen LogP contribution in [0.5, 0.6) is 11.5 Å². The van der Waals surface area contributed by atoms with Crippen molar-refractivity contribution in [3.05, 3.63) is 81.8 Å². The highest BCUT2D eigenvalue weighted by atomic mass is 35.5. The number of morpholine rings is 1. The molecule has 174 valence electrons. The van der Waals surface area contributed by atoms with Gasteiger partial charge in [0.25, 0.3) is 0 Å². The largest absolute Gasteiger partial charge is 0.490 e. The molecule has 0 bridgehead atoms. The van der Waals surface area contributed by atoms with Crippen molar-refractivity contribution in [2.45, 2.75) is 20.1 Å². The highest BCUT2D eigenvalue weighted by Gasteiger charge is 2.15. The number of anilines is 2. The van der Waals surface area contributed by atoms with Gasteiger partial charge in [0.2, 0.25) is 0 Å². The predicted octanol–water partition coefficient (Wildman–Crippen LogP) is 6.42. The number of ether oxygens (including phenoxy) is 3. The van der Waals surface area contributed by atoms with Crippen molar-refractivity contribution in [1.82, 2.24) is 0 Å². The fourth-order valence-corrected chi connectivity index (χ4v) is 4.33. The third-order valence-electron chi connectivity index (χ3n) is 5.39. The average molecular weight is 487 g/mol. The third-order valence-corrected chi connectivity index (χ3v) is 5.97.